The first kappa shape index (κ1) is 14.4. The van der Waals surface area contributed by atoms with E-state index in [9.17, 15) is 0 Å². The lowest BCUT2D eigenvalue weighted by atomic mass is 10.1. The first-order valence-corrected chi connectivity index (χ1v) is 6.68. The van der Waals surface area contributed by atoms with E-state index in [0.717, 1.165) is 24.2 Å². The van der Waals surface area contributed by atoms with E-state index in [1.54, 1.807) is 0 Å². The third-order valence-electron chi connectivity index (χ3n) is 3.02. The third-order valence-corrected chi connectivity index (χ3v) is 3.37. The van der Waals surface area contributed by atoms with Crippen LogP contribution in [0.4, 0.5) is 5.69 Å². The number of rotatable bonds is 4. The molecule has 2 aromatic carbocycles. The number of nitrogens with zero attached hydrogens (tertiary/aromatic N) is 2. The predicted molar refractivity (Wildman–Crippen MR) is 82.2 cm³/mol. The Labute approximate surface area is 124 Å². The molecule has 0 bridgehead atoms. The Balaban J connectivity index is 2.03. The van der Waals surface area contributed by atoms with Crippen molar-refractivity contribution in [2.75, 3.05) is 12.8 Å². The number of nitriles is 1. The fourth-order valence-electron chi connectivity index (χ4n) is 2.11. The second-order valence-electron chi connectivity index (χ2n) is 4.84. The van der Waals surface area contributed by atoms with E-state index in [1.165, 1.54) is 0 Å². The molecule has 3 nitrogen and oxygen atoms in total. The lowest BCUT2D eigenvalue weighted by Crippen LogP contribution is -2.17. The maximum atomic E-state index is 8.90. The van der Waals surface area contributed by atoms with Crippen LogP contribution in [-0.4, -0.2) is 11.9 Å². The Morgan fingerprint density at radius 1 is 1.15 bits per heavy atom. The zero-order valence-corrected chi connectivity index (χ0v) is 12.1. The van der Waals surface area contributed by atoms with Gasteiger partial charge in [-0.05, 0) is 42.4 Å². The summed E-state index contributed by atoms with van der Waals surface area (Å²) in [6.45, 7) is 1.55. The minimum absolute atomic E-state index is 0.582. The van der Waals surface area contributed by atoms with Crippen LogP contribution in [0.5, 0.6) is 0 Å². The summed E-state index contributed by atoms with van der Waals surface area (Å²) in [5, 5.41) is 9.48. The molecule has 102 valence electrons. The average molecular weight is 286 g/mol. The van der Waals surface area contributed by atoms with Crippen LogP contribution in [-0.2, 0) is 13.1 Å². The van der Waals surface area contributed by atoms with Gasteiger partial charge in [-0.15, -0.1) is 0 Å². The molecule has 0 amide bonds. The van der Waals surface area contributed by atoms with Crippen molar-refractivity contribution in [3.05, 3.63) is 64.2 Å². The maximum absolute atomic E-state index is 8.90. The standard InChI is InChI=1S/C16H16ClN3/c1-20(10-13-4-2-3-12(7-13)9-18)11-14-5-6-15(17)16(19)8-14/h2-8H,10-11,19H2,1H3. The molecular weight excluding hydrogens is 270 g/mol. The van der Waals surface area contributed by atoms with Gasteiger partial charge in [-0.1, -0.05) is 29.8 Å². The lowest BCUT2D eigenvalue weighted by molar-refractivity contribution is 0.319. The summed E-state index contributed by atoms with van der Waals surface area (Å²) in [5.41, 5.74) is 9.32. The highest BCUT2D eigenvalue weighted by Gasteiger charge is 2.04. The normalized spacial score (nSPS) is 10.5. The molecule has 0 fully saturated rings. The summed E-state index contributed by atoms with van der Waals surface area (Å²) in [6, 6.07) is 15.5. The minimum Gasteiger partial charge on any atom is -0.398 e. The Hall–Kier alpha value is -2.02. The third kappa shape index (κ3) is 3.74. The molecule has 2 rings (SSSR count). The van der Waals surface area contributed by atoms with Crippen LogP contribution in [0.3, 0.4) is 0 Å². The van der Waals surface area contributed by atoms with E-state index in [2.05, 4.69) is 11.0 Å². The van der Waals surface area contributed by atoms with E-state index in [1.807, 2.05) is 49.5 Å². The molecule has 20 heavy (non-hydrogen) atoms. The zero-order valence-electron chi connectivity index (χ0n) is 11.3. The van der Waals surface area contributed by atoms with E-state index in [4.69, 9.17) is 22.6 Å². The van der Waals surface area contributed by atoms with Gasteiger partial charge < -0.3 is 5.73 Å². The number of anilines is 1. The highest BCUT2D eigenvalue weighted by atomic mass is 35.5. The summed E-state index contributed by atoms with van der Waals surface area (Å²) >= 11 is 5.91. The van der Waals surface area contributed by atoms with Gasteiger partial charge in [0.25, 0.3) is 0 Å². The van der Waals surface area contributed by atoms with Crippen molar-refractivity contribution in [1.82, 2.24) is 4.90 Å². The Morgan fingerprint density at radius 3 is 2.50 bits per heavy atom. The molecule has 0 aliphatic heterocycles. The quantitative estimate of drug-likeness (QED) is 0.876. The molecule has 2 N–H and O–H groups in total. The molecule has 0 unspecified atom stereocenters. The summed E-state index contributed by atoms with van der Waals surface area (Å²) in [4.78, 5) is 2.17. The van der Waals surface area contributed by atoms with Crippen LogP contribution < -0.4 is 5.73 Å². The molecule has 0 aliphatic carbocycles. The average Bonchev–Trinajstić information content (AvgIpc) is 2.43. The molecule has 4 heteroatoms. The highest BCUT2D eigenvalue weighted by molar-refractivity contribution is 6.33. The van der Waals surface area contributed by atoms with Gasteiger partial charge in [-0.3, -0.25) is 4.90 Å². The van der Waals surface area contributed by atoms with Crippen molar-refractivity contribution in [1.29, 1.82) is 5.26 Å². The number of hydrogen-bond acceptors (Lipinski definition) is 3. The van der Waals surface area contributed by atoms with Gasteiger partial charge in [-0.25, -0.2) is 0 Å². The summed E-state index contributed by atoms with van der Waals surface area (Å²) < 4.78 is 0. The first-order chi connectivity index (χ1) is 9.58. The first-order valence-electron chi connectivity index (χ1n) is 6.30. The second-order valence-corrected chi connectivity index (χ2v) is 5.25. The smallest absolute Gasteiger partial charge is 0.0991 e. The molecule has 0 atom stereocenters. The minimum atomic E-state index is 0.582. The largest absolute Gasteiger partial charge is 0.398 e. The number of nitrogens with two attached hydrogens (primary N) is 1. The molecule has 2 aromatic rings. The van der Waals surface area contributed by atoms with Gasteiger partial charge >= 0.3 is 0 Å². The molecular formula is C16H16ClN3. The van der Waals surface area contributed by atoms with E-state index in [0.29, 0.717) is 16.3 Å². The van der Waals surface area contributed by atoms with Gasteiger partial charge in [0.2, 0.25) is 0 Å². The fourth-order valence-corrected chi connectivity index (χ4v) is 2.23. The van der Waals surface area contributed by atoms with Crippen molar-refractivity contribution < 1.29 is 0 Å². The van der Waals surface area contributed by atoms with Gasteiger partial charge in [-0.2, -0.15) is 5.26 Å². The lowest BCUT2D eigenvalue weighted by Gasteiger charge is -2.17. The zero-order chi connectivity index (χ0) is 14.5. The van der Waals surface area contributed by atoms with Crippen molar-refractivity contribution in [3.63, 3.8) is 0 Å². The second kappa shape index (κ2) is 6.42. The molecule has 0 saturated carbocycles. The van der Waals surface area contributed by atoms with Gasteiger partial charge in [0.15, 0.2) is 0 Å². The molecule has 0 aliphatic rings. The summed E-state index contributed by atoms with van der Waals surface area (Å²) in [7, 11) is 2.03. The maximum Gasteiger partial charge on any atom is 0.0991 e. The number of halogens is 1. The van der Waals surface area contributed by atoms with Crippen LogP contribution in [0.1, 0.15) is 16.7 Å². The number of benzene rings is 2. The summed E-state index contributed by atoms with van der Waals surface area (Å²) in [6.07, 6.45) is 0. The molecule has 0 heterocycles. The monoisotopic (exact) mass is 285 g/mol. The topological polar surface area (TPSA) is 53.0 Å². The molecule has 0 radical (unpaired) electrons. The van der Waals surface area contributed by atoms with E-state index >= 15 is 0 Å². The van der Waals surface area contributed by atoms with E-state index < -0.39 is 0 Å². The van der Waals surface area contributed by atoms with Gasteiger partial charge in [0.1, 0.15) is 0 Å². The van der Waals surface area contributed by atoms with Crippen LogP contribution in [0, 0.1) is 11.3 Å². The van der Waals surface area contributed by atoms with Gasteiger partial charge in [0, 0.05) is 13.1 Å². The van der Waals surface area contributed by atoms with Crippen molar-refractivity contribution in [2.24, 2.45) is 0 Å². The summed E-state index contributed by atoms with van der Waals surface area (Å²) in [5.74, 6) is 0. The van der Waals surface area contributed by atoms with Crippen LogP contribution in [0.25, 0.3) is 0 Å². The molecule has 0 aromatic heterocycles. The van der Waals surface area contributed by atoms with Crippen LogP contribution in [0.2, 0.25) is 5.02 Å². The Bertz CT molecular complexity index is 646. The molecule has 0 saturated heterocycles. The van der Waals surface area contributed by atoms with Crippen LogP contribution >= 0.6 is 11.6 Å². The SMILES string of the molecule is CN(Cc1cccc(C#N)c1)Cc1ccc(Cl)c(N)c1. The van der Waals surface area contributed by atoms with Crippen molar-refractivity contribution in [2.45, 2.75) is 13.1 Å². The highest BCUT2D eigenvalue weighted by Crippen LogP contribution is 2.20. The van der Waals surface area contributed by atoms with Crippen molar-refractivity contribution in [3.8, 4) is 6.07 Å². The predicted octanol–water partition coefficient (Wildman–Crippen LogP) is 3.43. The number of nitrogen functional groups attached to an aromatic ring is 1. The fraction of sp³-hybridized carbons (Fsp3) is 0.188. The van der Waals surface area contributed by atoms with Crippen LogP contribution in [0.15, 0.2) is 42.5 Å². The van der Waals surface area contributed by atoms with Gasteiger partial charge in [0.05, 0.1) is 22.3 Å². The van der Waals surface area contributed by atoms with Crippen molar-refractivity contribution >= 4 is 17.3 Å². The number of hydrogen-bond donors (Lipinski definition) is 1. The molecule has 0 spiro atoms. The van der Waals surface area contributed by atoms with E-state index in [-0.39, 0.29) is 0 Å². The Morgan fingerprint density at radius 2 is 1.85 bits per heavy atom. The Kier molecular flexibility index (Phi) is 4.62.